The molecule has 0 spiro atoms. The summed E-state index contributed by atoms with van der Waals surface area (Å²) in [5.74, 6) is 1.53. The summed E-state index contributed by atoms with van der Waals surface area (Å²) in [6.45, 7) is 0. The summed E-state index contributed by atoms with van der Waals surface area (Å²) in [4.78, 5) is 15.6. The molecule has 2 fully saturated rings. The van der Waals surface area contributed by atoms with Gasteiger partial charge >= 0.3 is 0 Å². The maximum atomic E-state index is 12.4. The first-order chi connectivity index (χ1) is 10.7. The number of para-hydroxylation sites is 1. The number of nitrogens with two attached hydrogens (primary N) is 1. The largest absolute Gasteiger partial charge is 0.361 e. The fourth-order valence-electron chi connectivity index (χ4n) is 4.34. The van der Waals surface area contributed by atoms with Crippen LogP contribution in [0.5, 0.6) is 0 Å². The molecule has 4 atom stereocenters. The Labute approximate surface area is 142 Å². The highest BCUT2D eigenvalue weighted by Crippen LogP contribution is 2.44. The molecule has 5 heteroatoms. The Bertz CT molecular complexity index is 698. The fourth-order valence-corrected chi connectivity index (χ4v) is 4.34. The second-order valence-corrected chi connectivity index (χ2v) is 6.96. The lowest BCUT2D eigenvalue weighted by molar-refractivity contribution is -0.123. The Morgan fingerprint density at radius 3 is 2.87 bits per heavy atom. The van der Waals surface area contributed by atoms with Crippen molar-refractivity contribution >= 4 is 29.2 Å². The normalized spacial score (nSPS) is 26.9. The van der Waals surface area contributed by atoms with Crippen molar-refractivity contribution in [3.05, 3.63) is 36.0 Å². The number of aromatic amines is 1. The maximum Gasteiger partial charge on any atom is 0.237 e. The van der Waals surface area contributed by atoms with E-state index in [4.69, 9.17) is 5.73 Å². The summed E-state index contributed by atoms with van der Waals surface area (Å²) in [5, 5.41) is 4.35. The minimum Gasteiger partial charge on any atom is -0.361 e. The number of H-pyrrole nitrogens is 1. The van der Waals surface area contributed by atoms with Crippen LogP contribution in [0.15, 0.2) is 30.5 Å². The average molecular weight is 334 g/mol. The standard InChI is InChI=1S/C18H23N3O.ClH/c19-15(9-13-10-20-16-4-2-1-3-14(13)16)18(22)21-17-8-11-5-6-12(17)7-11;/h1-4,10-12,15,17,20H,5-9,19H2,(H,21,22);1H/t11?,12?,15-,17?;/m0./s1. The molecule has 2 aromatic rings. The minimum absolute atomic E-state index is 0. The Morgan fingerprint density at radius 1 is 1.30 bits per heavy atom. The van der Waals surface area contributed by atoms with Gasteiger partial charge in [-0.05, 0) is 49.1 Å². The summed E-state index contributed by atoms with van der Waals surface area (Å²) in [6.07, 6.45) is 7.61. The lowest BCUT2D eigenvalue weighted by Gasteiger charge is -2.24. The van der Waals surface area contributed by atoms with Gasteiger partial charge < -0.3 is 16.0 Å². The number of carbonyl (C=O) groups is 1. The first-order valence-electron chi connectivity index (χ1n) is 8.31. The molecule has 4 N–H and O–H groups in total. The molecule has 1 amide bonds. The molecule has 2 aliphatic carbocycles. The third-order valence-corrected chi connectivity index (χ3v) is 5.52. The maximum absolute atomic E-state index is 12.4. The molecule has 1 aromatic carbocycles. The molecule has 1 aromatic heterocycles. The van der Waals surface area contributed by atoms with Crippen LogP contribution in [0.25, 0.3) is 10.9 Å². The molecule has 1 heterocycles. The number of carbonyl (C=O) groups excluding carboxylic acids is 1. The zero-order chi connectivity index (χ0) is 15.1. The van der Waals surface area contributed by atoms with Gasteiger partial charge in [-0.15, -0.1) is 12.4 Å². The zero-order valence-corrected chi connectivity index (χ0v) is 13.9. The molecule has 23 heavy (non-hydrogen) atoms. The zero-order valence-electron chi connectivity index (χ0n) is 13.1. The lowest BCUT2D eigenvalue weighted by Crippen LogP contribution is -2.48. The average Bonchev–Trinajstić information content (AvgIpc) is 3.23. The number of amides is 1. The Morgan fingerprint density at radius 2 is 2.13 bits per heavy atom. The third kappa shape index (κ3) is 3.10. The van der Waals surface area contributed by atoms with Crippen LogP contribution in [0.3, 0.4) is 0 Å². The summed E-state index contributed by atoms with van der Waals surface area (Å²) in [6, 6.07) is 8.02. The van der Waals surface area contributed by atoms with Crippen molar-refractivity contribution in [1.29, 1.82) is 0 Å². The van der Waals surface area contributed by atoms with Gasteiger partial charge in [0.2, 0.25) is 5.91 Å². The van der Waals surface area contributed by atoms with Gasteiger partial charge in [0, 0.05) is 23.1 Å². The van der Waals surface area contributed by atoms with E-state index in [1.807, 2.05) is 24.4 Å². The van der Waals surface area contributed by atoms with Crippen molar-refractivity contribution in [2.24, 2.45) is 17.6 Å². The minimum atomic E-state index is -0.474. The topological polar surface area (TPSA) is 70.9 Å². The van der Waals surface area contributed by atoms with Crippen molar-refractivity contribution in [3.63, 3.8) is 0 Å². The van der Waals surface area contributed by atoms with Crippen LogP contribution >= 0.6 is 12.4 Å². The number of hydrogen-bond donors (Lipinski definition) is 3. The smallest absolute Gasteiger partial charge is 0.237 e. The molecular formula is C18H24ClN3O. The van der Waals surface area contributed by atoms with Crippen molar-refractivity contribution in [2.75, 3.05) is 0 Å². The van der Waals surface area contributed by atoms with Gasteiger partial charge in [-0.25, -0.2) is 0 Å². The number of nitrogens with one attached hydrogen (secondary N) is 2. The van der Waals surface area contributed by atoms with Crippen molar-refractivity contribution in [3.8, 4) is 0 Å². The van der Waals surface area contributed by atoms with E-state index in [2.05, 4.69) is 16.4 Å². The number of fused-ring (bicyclic) bond motifs is 3. The highest BCUT2D eigenvalue weighted by molar-refractivity contribution is 5.86. The molecular weight excluding hydrogens is 310 g/mol. The molecule has 3 unspecified atom stereocenters. The van der Waals surface area contributed by atoms with Crippen LogP contribution in [0.2, 0.25) is 0 Å². The van der Waals surface area contributed by atoms with Gasteiger partial charge in [-0.2, -0.15) is 0 Å². The van der Waals surface area contributed by atoms with E-state index in [1.54, 1.807) is 0 Å². The molecule has 2 bridgehead atoms. The quantitative estimate of drug-likeness (QED) is 0.805. The van der Waals surface area contributed by atoms with E-state index in [0.717, 1.165) is 28.8 Å². The SMILES string of the molecule is Cl.N[C@@H](Cc1c[nH]c2ccccc12)C(=O)NC1CC2CCC1C2. The van der Waals surface area contributed by atoms with Gasteiger partial charge in [-0.1, -0.05) is 24.6 Å². The Balaban J connectivity index is 0.00000156. The van der Waals surface area contributed by atoms with E-state index in [-0.39, 0.29) is 18.3 Å². The van der Waals surface area contributed by atoms with Crippen molar-refractivity contribution in [2.45, 2.75) is 44.2 Å². The van der Waals surface area contributed by atoms with Crippen LogP contribution in [-0.2, 0) is 11.2 Å². The van der Waals surface area contributed by atoms with Crippen molar-refractivity contribution in [1.82, 2.24) is 10.3 Å². The third-order valence-electron chi connectivity index (χ3n) is 5.52. The fraction of sp³-hybridized carbons (Fsp3) is 0.500. The summed E-state index contributed by atoms with van der Waals surface area (Å²) in [7, 11) is 0. The monoisotopic (exact) mass is 333 g/mol. The Kier molecular flexibility index (Phi) is 4.64. The molecule has 2 saturated carbocycles. The Hall–Kier alpha value is -1.52. The summed E-state index contributed by atoms with van der Waals surface area (Å²) >= 11 is 0. The molecule has 0 radical (unpaired) electrons. The number of rotatable bonds is 4. The number of hydrogen-bond acceptors (Lipinski definition) is 2. The van der Waals surface area contributed by atoms with Gasteiger partial charge in [0.05, 0.1) is 6.04 Å². The number of benzene rings is 1. The molecule has 2 aliphatic rings. The van der Waals surface area contributed by atoms with Gasteiger partial charge in [0.1, 0.15) is 0 Å². The summed E-state index contributed by atoms with van der Waals surface area (Å²) in [5.41, 5.74) is 8.36. The predicted molar refractivity (Wildman–Crippen MR) is 94.6 cm³/mol. The first kappa shape index (κ1) is 16.3. The molecule has 4 rings (SSSR count). The van der Waals surface area contributed by atoms with Crippen LogP contribution in [0.1, 0.15) is 31.2 Å². The van der Waals surface area contributed by atoms with E-state index in [0.29, 0.717) is 18.4 Å². The molecule has 0 saturated heterocycles. The summed E-state index contributed by atoms with van der Waals surface area (Å²) < 4.78 is 0. The number of aromatic nitrogens is 1. The lowest BCUT2D eigenvalue weighted by atomic mass is 9.95. The second kappa shape index (κ2) is 6.54. The predicted octanol–water partition coefficient (Wildman–Crippen LogP) is 2.76. The van der Waals surface area contributed by atoms with Crippen LogP contribution in [0.4, 0.5) is 0 Å². The van der Waals surface area contributed by atoms with Crippen LogP contribution in [0, 0.1) is 11.8 Å². The second-order valence-electron chi connectivity index (χ2n) is 6.96. The molecule has 0 aliphatic heterocycles. The van der Waals surface area contributed by atoms with Crippen molar-refractivity contribution < 1.29 is 4.79 Å². The van der Waals surface area contributed by atoms with Crippen LogP contribution < -0.4 is 11.1 Å². The van der Waals surface area contributed by atoms with E-state index >= 15 is 0 Å². The van der Waals surface area contributed by atoms with E-state index < -0.39 is 6.04 Å². The first-order valence-corrected chi connectivity index (χ1v) is 8.31. The highest BCUT2D eigenvalue weighted by atomic mass is 35.5. The molecule has 124 valence electrons. The van der Waals surface area contributed by atoms with Crippen LogP contribution in [-0.4, -0.2) is 23.0 Å². The molecule has 4 nitrogen and oxygen atoms in total. The number of halogens is 1. The van der Waals surface area contributed by atoms with Gasteiger partial charge in [-0.3, -0.25) is 4.79 Å². The van der Waals surface area contributed by atoms with E-state index in [9.17, 15) is 4.79 Å². The van der Waals surface area contributed by atoms with Gasteiger partial charge in [0.25, 0.3) is 0 Å². The van der Waals surface area contributed by atoms with Gasteiger partial charge in [0.15, 0.2) is 0 Å². The van der Waals surface area contributed by atoms with E-state index in [1.165, 1.54) is 19.3 Å². The highest BCUT2D eigenvalue weighted by Gasteiger charge is 2.40.